The third kappa shape index (κ3) is 20.2. The second-order valence-electron chi connectivity index (χ2n) is 27.4. The summed E-state index contributed by atoms with van der Waals surface area (Å²) in [6, 6.07) is 122. The van der Waals surface area contributed by atoms with E-state index in [-0.39, 0.29) is 0 Å². The van der Waals surface area contributed by atoms with E-state index in [1.54, 1.807) is 7.11 Å². The Labute approximate surface area is 582 Å². The van der Waals surface area contributed by atoms with Crippen molar-refractivity contribution in [2.45, 2.75) is 170 Å². The Bertz CT molecular complexity index is 3850. The van der Waals surface area contributed by atoms with Crippen molar-refractivity contribution in [1.29, 1.82) is 0 Å². The van der Waals surface area contributed by atoms with Crippen LogP contribution in [0.1, 0.15) is 220 Å². The van der Waals surface area contributed by atoms with E-state index in [0.29, 0.717) is 53.3 Å². The molecule has 11 aromatic carbocycles. The van der Waals surface area contributed by atoms with E-state index in [0.717, 1.165) is 31.4 Å². The van der Waals surface area contributed by atoms with Crippen LogP contribution >= 0.6 is 0 Å². The summed E-state index contributed by atoms with van der Waals surface area (Å²) in [6.45, 7) is 4.83. The number of rotatable bonds is 37. The van der Waals surface area contributed by atoms with Crippen LogP contribution in [0.2, 0.25) is 0 Å². The van der Waals surface area contributed by atoms with Crippen molar-refractivity contribution in [3.63, 3.8) is 0 Å². The van der Waals surface area contributed by atoms with Gasteiger partial charge in [-0.15, -0.1) is 0 Å². The van der Waals surface area contributed by atoms with Gasteiger partial charge in [-0.25, -0.2) is 0 Å². The molecule has 0 aliphatic heterocycles. The predicted molar refractivity (Wildman–Crippen MR) is 412 cm³/mol. The molecular weight excluding hydrogens is 1220 g/mol. The molecule has 1 nitrogen and oxygen atoms in total. The Morgan fingerprint density at radius 2 is 0.438 bits per heavy atom. The SMILES string of the molecule is CCC(CCC(CCC(CCC(CCC(CCC(CCC(CCC(CC(C)c1ccc([As](c2ccccc2)c2ccc(OC)cc2)cc1)c1ccccc1)c1ccccc1)c1ccccc1)c1ccccc1)c1ccccc1)c1ccccc1)c1ccccc1)c1ccccc1. The van der Waals surface area contributed by atoms with E-state index in [4.69, 9.17) is 4.74 Å². The van der Waals surface area contributed by atoms with Crippen molar-refractivity contribution in [3.05, 3.63) is 372 Å². The van der Waals surface area contributed by atoms with Crippen molar-refractivity contribution in [2.24, 2.45) is 0 Å². The Balaban J connectivity index is 0.780. The summed E-state index contributed by atoms with van der Waals surface area (Å²) in [6.07, 6.45) is 18.8. The summed E-state index contributed by atoms with van der Waals surface area (Å²) in [5.41, 5.74) is 13.3. The molecule has 0 heterocycles. The molecule has 11 rings (SSSR count). The average Bonchev–Trinajstić information content (AvgIpc) is 0.984. The van der Waals surface area contributed by atoms with Gasteiger partial charge in [0.05, 0.1) is 0 Å². The topological polar surface area (TPSA) is 9.23 Å². The number of ether oxygens (including phenoxy) is 1. The van der Waals surface area contributed by atoms with E-state index in [1.165, 1.54) is 140 Å². The van der Waals surface area contributed by atoms with Crippen molar-refractivity contribution in [3.8, 4) is 5.75 Å². The molecule has 96 heavy (non-hydrogen) atoms. The smallest absolute Gasteiger partial charge is 0.0622 e. The minimum atomic E-state index is -1.78. The van der Waals surface area contributed by atoms with Crippen LogP contribution in [-0.4, -0.2) is 21.8 Å². The Morgan fingerprint density at radius 3 is 0.698 bits per heavy atom. The van der Waals surface area contributed by atoms with Gasteiger partial charge in [-0.1, -0.05) is 207 Å². The molecule has 0 aliphatic rings. The summed E-state index contributed by atoms with van der Waals surface area (Å²) in [7, 11) is 1.75. The van der Waals surface area contributed by atoms with E-state index in [9.17, 15) is 0 Å². The molecule has 0 spiro atoms. The Hall–Kier alpha value is -8.22. The van der Waals surface area contributed by atoms with Crippen molar-refractivity contribution >= 4 is 27.7 Å². The van der Waals surface area contributed by atoms with E-state index >= 15 is 0 Å². The number of benzene rings is 11. The van der Waals surface area contributed by atoms with E-state index < -0.39 is 14.7 Å². The van der Waals surface area contributed by atoms with Gasteiger partial charge in [0.2, 0.25) is 0 Å². The zero-order chi connectivity index (χ0) is 65.8. The molecule has 0 aromatic heterocycles. The fraction of sp³-hybridized carbons (Fsp3) is 0.298. The molecule has 11 aromatic rings. The van der Waals surface area contributed by atoms with Gasteiger partial charge in [0.25, 0.3) is 0 Å². The quantitative estimate of drug-likeness (QED) is 0.0353. The maximum atomic E-state index is 5.57. The van der Waals surface area contributed by atoms with Crippen LogP contribution in [0.5, 0.6) is 5.75 Å². The van der Waals surface area contributed by atoms with Crippen LogP contribution in [0.4, 0.5) is 0 Å². The fourth-order valence-corrected chi connectivity index (χ4v) is 20.5. The van der Waals surface area contributed by atoms with Crippen molar-refractivity contribution in [1.82, 2.24) is 0 Å². The maximum absolute atomic E-state index is 5.57. The molecule has 0 amide bonds. The van der Waals surface area contributed by atoms with Gasteiger partial charge in [0, 0.05) is 0 Å². The van der Waals surface area contributed by atoms with Gasteiger partial charge in [-0.3, -0.25) is 0 Å². The summed E-state index contributed by atoms with van der Waals surface area (Å²) < 4.78 is 9.88. The first-order valence-corrected chi connectivity index (χ1v) is 39.3. The molecule has 490 valence electrons. The van der Waals surface area contributed by atoms with Crippen LogP contribution in [0, 0.1) is 0 Å². The molecule has 0 N–H and O–H groups in total. The van der Waals surface area contributed by atoms with Gasteiger partial charge in [0.1, 0.15) is 0 Å². The first-order chi connectivity index (χ1) is 47.5. The zero-order valence-corrected chi connectivity index (χ0v) is 59.3. The van der Waals surface area contributed by atoms with Crippen LogP contribution in [0.25, 0.3) is 0 Å². The first kappa shape index (κ1) is 69.1. The van der Waals surface area contributed by atoms with Gasteiger partial charge in [-0.2, -0.15) is 0 Å². The Morgan fingerprint density at radius 1 is 0.229 bits per heavy atom. The van der Waals surface area contributed by atoms with Gasteiger partial charge < -0.3 is 0 Å². The van der Waals surface area contributed by atoms with E-state index in [1.807, 2.05) is 0 Å². The summed E-state index contributed by atoms with van der Waals surface area (Å²) in [5.74, 6) is 5.26. The molecule has 0 saturated carbocycles. The number of hydrogen-bond donors (Lipinski definition) is 0. The molecule has 2 heteroatoms. The summed E-state index contributed by atoms with van der Waals surface area (Å²) in [5, 5.41) is 0. The standard InChI is InChI=1S/C94H103AsO/c1-4-74(76-32-14-5-15-33-76)50-51-84(77-34-16-6-17-35-77)52-53-85(78-36-18-7-19-37-78)54-55-86(79-38-20-8-21-39-79)56-57-87(80-40-22-9-23-41-80)58-59-88(81-42-24-10-25-43-81)60-61-89(82-44-26-11-27-45-82)62-63-90(83-46-28-12-29-47-83)72-73(2)75-64-66-92(67-65-75)95(91-48-30-13-31-49-91)93-68-70-94(96-3)71-69-93/h5-49,64-71,73-74,84-90H,4,50-63,72H2,1-3H3. The first-order valence-electron chi connectivity index (χ1n) is 36.4. The van der Waals surface area contributed by atoms with Gasteiger partial charge in [0.15, 0.2) is 0 Å². The van der Waals surface area contributed by atoms with Crippen LogP contribution in [0.3, 0.4) is 0 Å². The molecule has 0 aliphatic carbocycles. The summed E-state index contributed by atoms with van der Waals surface area (Å²) in [4.78, 5) is 0. The van der Waals surface area contributed by atoms with E-state index in [2.05, 4.69) is 335 Å². The molecule has 10 unspecified atom stereocenters. The predicted octanol–water partition coefficient (Wildman–Crippen LogP) is 23.8. The Kier molecular flexibility index (Phi) is 26.9. The van der Waals surface area contributed by atoms with Gasteiger partial charge >= 0.3 is 240 Å². The molecule has 0 fully saturated rings. The minimum Gasteiger partial charge on any atom is -0.0622 e. The average molecular weight is 1320 g/mol. The summed E-state index contributed by atoms with van der Waals surface area (Å²) >= 11 is -1.78. The number of hydrogen-bond acceptors (Lipinski definition) is 1. The van der Waals surface area contributed by atoms with Crippen LogP contribution in [0.15, 0.2) is 322 Å². The molecule has 10 atom stereocenters. The normalized spacial score (nSPS) is 14.7. The number of methoxy groups -OCH3 is 1. The second-order valence-corrected chi connectivity index (χ2v) is 32.1. The molecule has 0 bridgehead atoms. The van der Waals surface area contributed by atoms with Crippen LogP contribution < -0.4 is 17.8 Å². The van der Waals surface area contributed by atoms with Gasteiger partial charge in [-0.05, 0) is 140 Å². The monoisotopic (exact) mass is 1320 g/mol. The molecular formula is C94H103AsO. The zero-order valence-electron chi connectivity index (χ0n) is 57.5. The van der Waals surface area contributed by atoms with Crippen molar-refractivity contribution in [2.75, 3.05) is 7.11 Å². The second kappa shape index (κ2) is 37.3. The molecule has 0 radical (unpaired) electrons. The third-order valence-corrected chi connectivity index (χ3v) is 26.5. The molecule has 0 saturated heterocycles. The van der Waals surface area contributed by atoms with Crippen molar-refractivity contribution < 1.29 is 4.74 Å². The fourth-order valence-electron chi connectivity index (χ4n) is 15.8. The minimum absolute atomic E-state index is 0.408. The third-order valence-electron chi connectivity index (χ3n) is 21.4. The van der Waals surface area contributed by atoms with Crippen LogP contribution in [-0.2, 0) is 0 Å².